The summed E-state index contributed by atoms with van der Waals surface area (Å²) in [5.74, 6) is 0.707. The molecule has 1 rings (SSSR count). The molecule has 0 N–H and O–H groups in total. The van der Waals surface area contributed by atoms with Crippen LogP contribution in [0.1, 0.15) is 24.7 Å². The Balaban J connectivity index is 3.14. The van der Waals surface area contributed by atoms with Crippen LogP contribution in [0.25, 0.3) is 0 Å². The molecule has 0 aromatic heterocycles. The van der Waals surface area contributed by atoms with Crippen molar-refractivity contribution < 1.29 is 13.2 Å². The van der Waals surface area contributed by atoms with Gasteiger partial charge in [-0.05, 0) is 31.5 Å². The van der Waals surface area contributed by atoms with Crippen molar-refractivity contribution in [2.75, 3.05) is 7.11 Å². The van der Waals surface area contributed by atoms with Gasteiger partial charge in [-0.3, -0.25) is 0 Å². The van der Waals surface area contributed by atoms with Crippen LogP contribution in [0.4, 0.5) is 0 Å². The zero-order chi connectivity index (χ0) is 13.1. The third-order valence-corrected chi connectivity index (χ3v) is 5.16. The average Bonchev–Trinajstić information content (AvgIpc) is 2.30. The van der Waals surface area contributed by atoms with E-state index in [1.165, 1.54) is 6.08 Å². The molecule has 0 bridgehead atoms. The molecule has 0 aliphatic carbocycles. The lowest BCUT2D eigenvalue weighted by atomic mass is 10.1. The lowest BCUT2D eigenvalue weighted by Gasteiger charge is -2.17. The van der Waals surface area contributed by atoms with Gasteiger partial charge in [-0.2, -0.15) is 0 Å². The average molecular weight is 254 g/mol. The molecular weight excluding hydrogens is 236 g/mol. The zero-order valence-corrected chi connectivity index (χ0v) is 11.2. The summed E-state index contributed by atoms with van der Waals surface area (Å²) in [6, 6.07) is 7.01. The smallest absolute Gasteiger partial charge is 0.163 e. The minimum atomic E-state index is -3.22. The predicted molar refractivity (Wildman–Crippen MR) is 70.0 cm³/mol. The highest BCUT2D eigenvalue weighted by Crippen LogP contribution is 2.28. The Hall–Kier alpha value is -1.29. The van der Waals surface area contributed by atoms with Crippen LogP contribution in [0.15, 0.2) is 36.9 Å². The lowest BCUT2D eigenvalue weighted by molar-refractivity contribution is 0.414. The standard InChI is InChI=1S/C13H18O3S/c1-5-13(17(14,15)10(2)3)11-6-8-12(16-4)9-7-11/h5-10,13H,1H2,2-4H3/t13-/m0/s1. The van der Waals surface area contributed by atoms with E-state index in [0.717, 1.165) is 5.56 Å². The van der Waals surface area contributed by atoms with Crippen molar-refractivity contribution >= 4 is 9.84 Å². The van der Waals surface area contributed by atoms with Crippen molar-refractivity contribution in [1.82, 2.24) is 0 Å². The molecule has 17 heavy (non-hydrogen) atoms. The molecule has 1 aromatic rings. The summed E-state index contributed by atoms with van der Waals surface area (Å²) < 4.78 is 29.3. The minimum absolute atomic E-state index is 0.424. The molecule has 0 amide bonds. The highest BCUT2D eigenvalue weighted by molar-refractivity contribution is 7.92. The van der Waals surface area contributed by atoms with Gasteiger partial charge in [0, 0.05) is 0 Å². The summed E-state index contributed by atoms with van der Waals surface area (Å²) in [7, 11) is -1.65. The topological polar surface area (TPSA) is 43.4 Å². The van der Waals surface area contributed by atoms with E-state index in [2.05, 4.69) is 6.58 Å². The van der Waals surface area contributed by atoms with Gasteiger partial charge in [-0.25, -0.2) is 8.42 Å². The second kappa shape index (κ2) is 5.36. The minimum Gasteiger partial charge on any atom is -0.497 e. The second-order valence-electron chi connectivity index (χ2n) is 4.07. The number of hydrogen-bond donors (Lipinski definition) is 0. The first kappa shape index (κ1) is 13.8. The molecule has 0 spiro atoms. The third-order valence-electron chi connectivity index (χ3n) is 2.67. The van der Waals surface area contributed by atoms with Crippen molar-refractivity contribution in [2.24, 2.45) is 0 Å². The van der Waals surface area contributed by atoms with Gasteiger partial charge >= 0.3 is 0 Å². The van der Waals surface area contributed by atoms with E-state index in [4.69, 9.17) is 4.74 Å². The maximum Gasteiger partial charge on any atom is 0.163 e. The molecule has 1 atom stereocenters. The Morgan fingerprint density at radius 1 is 1.24 bits per heavy atom. The van der Waals surface area contributed by atoms with Crippen LogP contribution in [-0.4, -0.2) is 20.8 Å². The number of benzene rings is 1. The lowest BCUT2D eigenvalue weighted by Crippen LogP contribution is -2.20. The van der Waals surface area contributed by atoms with Crippen molar-refractivity contribution in [2.45, 2.75) is 24.3 Å². The van der Waals surface area contributed by atoms with E-state index >= 15 is 0 Å². The second-order valence-corrected chi connectivity index (χ2v) is 6.70. The molecule has 0 unspecified atom stereocenters. The molecule has 0 aliphatic rings. The van der Waals surface area contributed by atoms with E-state index in [1.54, 1.807) is 45.2 Å². The van der Waals surface area contributed by atoms with Gasteiger partial charge in [0.05, 0.1) is 12.4 Å². The van der Waals surface area contributed by atoms with Gasteiger partial charge in [0.1, 0.15) is 11.0 Å². The van der Waals surface area contributed by atoms with Gasteiger partial charge < -0.3 is 4.74 Å². The fourth-order valence-electron chi connectivity index (χ4n) is 1.55. The molecule has 0 heterocycles. The van der Waals surface area contributed by atoms with Crippen molar-refractivity contribution in [1.29, 1.82) is 0 Å². The fraction of sp³-hybridized carbons (Fsp3) is 0.385. The van der Waals surface area contributed by atoms with Crippen LogP contribution in [-0.2, 0) is 9.84 Å². The van der Waals surface area contributed by atoms with E-state index in [9.17, 15) is 8.42 Å². The maximum absolute atomic E-state index is 12.1. The predicted octanol–water partition coefficient (Wildman–Crippen LogP) is 2.75. The van der Waals surface area contributed by atoms with E-state index < -0.39 is 20.3 Å². The largest absolute Gasteiger partial charge is 0.497 e. The first-order valence-electron chi connectivity index (χ1n) is 5.42. The van der Waals surface area contributed by atoms with E-state index in [1.807, 2.05) is 0 Å². The summed E-state index contributed by atoms with van der Waals surface area (Å²) in [5.41, 5.74) is 0.717. The fourth-order valence-corrected chi connectivity index (χ4v) is 2.94. The summed E-state index contributed by atoms with van der Waals surface area (Å²) in [6.07, 6.45) is 1.47. The summed E-state index contributed by atoms with van der Waals surface area (Å²) in [6.45, 7) is 6.97. The summed E-state index contributed by atoms with van der Waals surface area (Å²) in [4.78, 5) is 0. The van der Waals surface area contributed by atoms with Crippen LogP contribution >= 0.6 is 0 Å². The molecule has 0 saturated heterocycles. The summed E-state index contributed by atoms with van der Waals surface area (Å²) in [5, 5.41) is -1.08. The molecular formula is C13H18O3S. The number of methoxy groups -OCH3 is 1. The molecule has 1 aromatic carbocycles. The van der Waals surface area contributed by atoms with Crippen LogP contribution in [0.3, 0.4) is 0 Å². The Bertz CT molecular complexity index is 472. The maximum atomic E-state index is 12.1. The molecule has 94 valence electrons. The van der Waals surface area contributed by atoms with E-state index in [-0.39, 0.29) is 0 Å². The first-order valence-corrected chi connectivity index (χ1v) is 7.03. The van der Waals surface area contributed by atoms with Gasteiger partial charge in [-0.15, -0.1) is 6.58 Å². The number of ether oxygens (including phenoxy) is 1. The first-order chi connectivity index (χ1) is 7.93. The summed E-state index contributed by atoms with van der Waals surface area (Å²) >= 11 is 0. The highest BCUT2D eigenvalue weighted by atomic mass is 32.2. The molecule has 0 aliphatic heterocycles. The molecule has 4 heteroatoms. The third kappa shape index (κ3) is 2.88. The van der Waals surface area contributed by atoms with Gasteiger partial charge in [0.2, 0.25) is 0 Å². The Morgan fingerprint density at radius 2 is 1.76 bits per heavy atom. The molecule has 3 nitrogen and oxygen atoms in total. The van der Waals surface area contributed by atoms with Crippen LogP contribution in [0, 0.1) is 0 Å². The number of sulfone groups is 1. The van der Waals surface area contributed by atoms with Gasteiger partial charge in [0.15, 0.2) is 9.84 Å². The highest BCUT2D eigenvalue weighted by Gasteiger charge is 2.27. The van der Waals surface area contributed by atoms with E-state index in [0.29, 0.717) is 5.75 Å². The Morgan fingerprint density at radius 3 is 2.12 bits per heavy atom. The van der Waals surface area contributed by atoms with Crippen molar-refractivity contribution in [3.63, 3.8) is 0 Å². The monoisotopic (exact) mass is 254 g/mol. The Kier molecular flexibility index (Phi) is 4.34. The number of rotatable bonds is 5. The van der Waals surface area contributed by atoms with Crippen LogP contribution in [0.2, 0.25) is 0 Å². The Labute approximate surface area is 103 Å². The SMILES string of the molecule is C=C[C@@H](c1ccc(OC)cc1)S(=O)(=O)C(C)C. The van der Waals surface area contributed by atoms with Crippen LogP contribution in [0.5, 0.6) is 5.75 Å². The number of hydrogen-bond acceptors (Lipinski definition) is 3. The van der Waals surface area contributed by atoms with Crippen molar-refractivity contribution in [3.8, 4) is 5.75 Å². The molecule has 0 fully saturated rings. The van der Waals surface area contributed by atoms with Crippen molar-refractivity contribution in [3.05, 3.63) is 42.5 Å². The molecule has 0 radical (unpaired) electrons. The normalized spacial score (nSPS) is 13.4. The molecule has 0 saturated carbocycles. The quantitative estimate of drug-likeness (QED) is 0.759. The zero-order valence-electron chi connectivity index (χ0n) is 10.4. The van der Waals surface area contributed by atoms with Gasteiger partial charge in [-0.1, -0.05) is 18.2 Å². The van der Waals surface area contributed by atoms with Gasteiger partial charge in [0.25, 0.3) is 0 Å². The van der Waals surface area contributed by atoms with Crippen LogP contribution < -0.4 is 4.74 Å².